The maximum absolute atomic E-state index is 12.0. The van der Waals surface area contributed by atoms with Gasteiger partial charge in [-0.25, -0.2) is 5.48 Å². The summed E-state index contributed by atoms with van der Waals surface area (Å²) in [6.45, 7) is -2.76. The van der Waals surface area contributed by atoms with Crippen LogP contribution in [-0.2, 0) is 6.54 Å². The van der Waals surface area contributed by atoms with Gasteiger partial charge in [0.05, 0.1) is 7.11 Å². The predicted octanol–water partition coefficient (Wildman–Crippen LogP) is 1.78. The first-order valence-electron chi connectivity index (χ1n) is 4.16. The second-order valence-corrected chi connectivity index (χ2v) is 2.70. The quantitative estimate of drug-likeness (QED) is 0.741. The summed E-state index contributed by atoms with van der Waals surface area (Å²) in [4.78, 5) is 0. The van der Waals surface area contributed by atoms with Gasteiger partial charge >= 0.3 is 6.61 Å². The van der Waals surface area contributed by atoms with Gasteiger partial charge in [0.25, 0.3) is 0 Å². The van der Waals surface area contributed by atoms with Crippen molar-refractivity contribution in [3.05, 3.63) is 23.8 Å². The number of hydroxylamine groups is 1. The van der Waals surface area contributed by atoms with Crippen molar-refractivity contribution in [2.75, 3.05) is 7.11 Å². The number of alkyl halides is 2. The summed E-state index contributed by atoms with van der Waals surface area (Å²) in [6, 6.07) is 4.49. The van der Waals surface area contributed by atoms with Crippen molar-refractivity contribution < 1.29 is 23.5 Å². The van der Waals surface area contributed by atoms with Crippen LogP contribution in [0.25, 0.3) is 0 Å². The third kappa shape index (κ3) is 3.34. The summed E-state index contributed by atoms with van der Waals surface area (Å²) in [5.74, 6) is 0.164. The standard InChI is InChI=1S/C9H11F2NO3/c1-14-7-3-2-6(5-12-13)4-8(7)15-9(10)11/h2-4,9,12-13H,5H2,1H3. The molecular weight excluding hydrogens is 208 g/mol. The maximum Gasteiger partial charge on any atom is 0.387 e. The fourth-order valence-electron chi connectivity index (χ4n) is 1.11. The van der Waals surface area contributed by atoms with Gasteiger partial charge in [0, 0.05) is 6.54 Å². The van der Waals surface area contributed by atoms with Crippen molar-refractivity contribution in [3.8, 4) is 11.5 Å². The predicted molar refractivity (Wildman–Crippen MR) is 48.3 cm³/mol. The van der Waals surface area contributed by atoms with E-state index in [1.165, 1.54) is 19.2 Å². The number of rotatable bonds is 5. The molecule has 4 nitrogen and oxygen atoms in total. The fraction of sp³-hybridized carbons (Fsp3) is 0.333. The summed E-state index contributed by atoms with van der Waals surface area (Å²) in [6.07, 6.45) is 0. The molecule has 0 aliphatic heterocycles. The third-order valence-corrected chi connectivity index (χ3v) is 1.73. The van der Waals surface area contributed by atoms with Gasteiger partial charge < -0.3 is 14.7 Å². The Labute approximate surface area is 85.4 Å². The molecule has 0 saturated heterocycles. The minimum atomic E-state index is -2.91. The number of methoxy groups -OCH3 is 1. The van der Waals surface area contributed by atoms with Crippen LogP contribution in [0, 0.1) is 0 Å². The van der Waals surface area contributed by atoms with E-state index in [2.05, 4.69) is 4.74 Å². The van der Waals surface area contributed by atoms with E-state index in [0.29, 0.717) is 5.56 Å². The Balaban J connectivity index is 2.91. The number of nitrogens with one attached hydrogen (secondary N) is 1. The highest BCUT2D eigenvalue weighted by molar-refractivity contribution is 5.42. The molecule has 15 heavy (non-hydrogen) atoms. The van der Waals surface area contributed by atoms with E-state index in [-0.39, 0.29) is 18.0 Å². The van der Waals surface area contributed by atoms with Crippen LogP contribution in [0.5, 0.6) is 11.5 Å². The maximum atomic E-state index is 12.0. The second kappa shape index (κ2) is 5.47. The topological polar surface area (TPSA) is 50.7 Å². The summed E-state index contributed by atoms with van der Waals surface area (Å²) in [5, 5.41) is 8.45. The largest absolute Gasteiger partial charge is 0.493 e. The van der Waals surface area contributed by atoms with Gasteiger partial charge in [-0.05, 0) is 17.7 Å². The summed E-state index contributed by atoms with van der Waals surface area (Å²) < 4.78 is 33.1. The minimum Gasteiger partial charge on any atom is -0.493 e. The molecule has 1 rings (SSSR count). The van der Waals surface area contributed by atoms with E-state index in [1.807, 2.05) is 5.48 Å². The molecule has 0 radical (unpaired) electrons. The number of ether oxygens (including phenoxy) is 2. The van der Waals surface area contributed by atoms with Crippen molar-refractivity contribution in [1.29, 1.82) is 0 Å². The van der Waals surface area contributed by atoms with Gasteiger partial charge in [0.1, 0.15) is 0 Å². The number of benzene rings is 1. The molecule has 0 aliphatic carbocycles. The van der Waals surface area contributed by atoms with Crippen LogP contribution in [0.15, 0.2) is 18.2 Å². The molecule has 1 aromatic rings. The molecule has 0 fully saturated rings. The lowest BCUT2D eigenvalue weighted by molar-refractivity contribution is -0.0512. The van der Waals surface area contributed by atoms with Crippen LogP contribution < -0.4 is 15.0 Å². The zero-order valence-corrected chi connectivity index (χ0v) is 8.04. The van der Waals surface area contributed by atoms with Crippen molar-refractivity contribution in [2.45, 2.75) is 13.2 Å². The third-order valence-electron chi connectivity index (χ3n) is 1.73. The molecule has 0 saturated carbocycles. The smallest absolute Gasteiger partial charge is 0.387 e. The van der Waals surface area contributed by atoms with Crippen LogP contribution in [0.4, 0.5) is 8.78 Å². The van der Waals surface area contributed by atoms with Gasteiger partial charge in [0.2, 0.25) is 0 Å². The number of halogens is 2. The van der Waals surface area contributed by atoms with Crippen LogP contribution in [0.2, 0.25) is 0 Å². The second-order valence-electron chi connectivity index (χ2n) is 2.70. The number of hydrogen-bond donors (Lipinski definition) is 2. The Bertz CT molecular complexity index is 320. The van der Waals surface area contributed by atoms with E-state index in [1.54, 1.807) is 6.07 Å². The summed E-state index contributed by atoms with van der Waals surface area (Å²) in [5.41, 5.74) is 2.52. The van der Waals surface area contributed by atoms with E-state index >= 15 is 0 Å². The van der Waals surface area contributed by atoms with Crippen LogP contribution in [-0.4, -0.2) is 18.9 Å². The monoisotopic (exact) mass is 219 g/mol. The molecule has 0 atom stereocenters. The SMILES string of the molecule is COc1ccc(CNO)cc1OC(F)F. The van der Waals surface area contributed by atoms with Crippen molar-refractivity contribution >= 4 is 0 Å². The molecule has 84 valence electrons. The van der Waals surface area contributed by atoms with Crippen LogP contribution >= 0.6 is 0 Å². The Morgan fingerprint density at radius 1 is 1.40 bits per heavy atom. The molecule has 0 heterocycles. The van der Waals surface area contributed by atoms with E-state index < -0.39 is 6.61 Å². The molecule has 0 spiro atoms. The first kappa shape index (κ1) is 11.7. The average Bonchev–Trinajstić information content (AvgIpc) is 2.18. The lowest BCUT2D eigenvalue weighted by Gasteiger charge is -2.11. The molecule has 1 aromatic carbocycles. The number of hydrogen-bond acceptors (Lipinski definition) is 4. The normalized spacial score (nSPS) is 10.5. The van der Waals surface area contributed by atoms with Crippen LogP contribution in [0.1, 0.15) is 5.56 Å². The molecule has 0 amide bonds. The zero-order chi connectivity index (χ0) is 11.3. The first-order chi connectivity index (χ1) is 7.17. The molecule has 2 N–H and O–H groups in total. The van der Waals surface area contributed by atoms with E-state index in [0.717, 1.165) is 0 Å². The lowest BCUT2D eigenvalue weighted by Crippen LogP contribution is -2.08. The lowest BCUT2D eigenvalue weighted by atomic mass is 10.2. The average molecular weight is 219 g/mol. The minimum absolute atomic E-state index is 0.0553. The van der Waals surface area contributed by atoms with Crippen molar-refractivity contribution in [2.24, 2.45) is 0 Å². The highest BCUT2D eigenvalue weighted by Crippen LogP contribution is 2.29. The van der Waals surface area contributed by atoms with Gasteiger partial charge in [0.15, 0.2) is 11.5 Å². The molecule has 0 aromatic heterocycles. The first-order valence-corrected chi connectivity index (χ1v) is 4.16. The fourth-order valence-corrected chi connectivity index (χ4v) is 1.11. The molecular formula is C9H11F2NO3. The van der Waals surface area contributed by atoms with Gasteiger partial charge in [-0.1, -0.05) is 6.07 Å². The Morgan fingerprint density at radius 2 is 2.13 bits per heavy atom. The highest BCUT2D eigenvalue weighted by atomic mass is 19.3. The Kier molecular flexibility index (Phi) is 4.26. The van der Waals surface area contributed by atoms with Crippen molar-refractivity contribution in [3.63, 3.8) is 0 Å². The van der Waals surface area contributed by atoms with Gasteiger partial charge in [-0.3, -0.25) is 0 Å². The van der Waals surface area contributed by atoms with E-state index in [9.17, 15) is 8.78 Å². The van der Waals surface area contributed by atoms with Gasteiger partial charge in [-0.2, -0.15) is 8.78 Å². The molecule has 0 aliphatic rings. The van der Waals surface area contributed by atoms with Gasteiger partial charge in [-0.15, -0.1) is 0 Å². The van der Waals surface area contributed by atoms with Crippen LogP contribution in [0.3, 0.4) is 0 Å². The van der Waals surface area contributed by atoms with Crippen molar-refractivity contribution in [1.82, 2.24) is 5.48 Å². The molecule has 0 unspecified atom stereocenters. The highest BCUT2D eigenvalue weighted by Gasteiger charge is 2.10. The molecule has 0 bridgehead atoms. The van der Waals surface area contributed by atoms with E-state index in [4.69, 9.17) is 9.94 Å². The molecule has 6 heteroatoms. The zero-order valence-electron chi connectivity index (χ0n) is 8.04. The summed E-state index contributed by atoms with van der Waals surface area (Å²) >= 11 is 0. The Hall–Kier alpha value is -1.40. The Morgan fingerprint density at radius 3 is 2.67 bits per heavy atom. The summed E-state index contributed by atoms with van der Waals surface area (Å²) in [7, 11) is 1.36.